The summed E-state index contributed by atoms with van der Waals surface area (Å²) in [6.45, 7) is 15.0. The van der Waals surface area contributed by atoms with Gasteiger partial charge in [0.25, 0.3) is 0 Å². The van der Waals surface area contributed by atoms with Crippen LogP contribution in [-0.2, 0) is 7.05 Å². The van der Waals surface area contributed by atoms with Crippen molar-refractivity contribution in [3.8, 4) is 11.3 Å². The Hall–Kier alpha value is -2.02. The molecule has 0 N–H and O–H groups in total. The third kappa shape index (κ3) is 2.68. The molecular formula is C21H27N. The summed E-state index contributed by atoms with van der Waals surface area (Å²) in [4.78, 5) is 0. The number of hydrogen-bond donors (Lipinski definition) is 0. The highest BCUT2D eigenvalue weighted by atomic mass is 15.0. The van der Waals surface area contributed by atoms with Gasteiger partial charge in [-0.15, -0.1) is 0 Å². The van der Waals surface area contributed by atoms with Gasteiger partial charge in [-0.1, -0.05) is 50.8 Å². The highest BCUT2D eigenvalue weighted by molar-refractivity contribution is 5.74. The van der Waals surface area contributed by atoms with Crippen molar-refractivity contribution in [2.75, 3.05) is 0 Å². The molecule has 2 rings (SSSR count). The molecule has 0 radical (unpaired) electrons. The van der Waals surface area contributed by atoms with Gasteiger partial charge < -0.3 is 4.57 Å². The van der Waals surface area contributed by atoms with E-state index in [-0.39, 0.29) is 0 Å². The van der Waals surface area contributed by atoms with E-state index in [1.807, 2.05) is 13.0 Å². The van der Waals surface area contributed by atoms with Gasteiger partial charge in [0, 0.05) is 12.7 Å². The van der Waals surface area contributed by atoms with Crippen LogP contribution in [0.25, 0.3) is 23.4 Å². The summed E-state index contributed by atoms with van der Waals surface area (Å²) in [5.74, 6) is 0.543. The number of nitrogens with zero attached hydrogens (tertiary/aromatic N) is 1. The van der Waals surface area contributed by atoms with Crippen molar-refractivity contribution in [1.29, 1.82) is 0 Å². The van der Waals surface area contributed by atoms with E-state index in [2.05, 4.69) is 76.2 Å². The van der Waals surface area contributed by atoms with Crippen molar-refractivity contribution >= 4 is 12.2 Å². The first kappa shape index (κ1) is 16.4. The van der Waals surface area contributed by atoms with Gasteiger partial charge in [0.1, 0.15) is 0 Å². The SMILES string of the molecule is C=Cc1cc(-c2c(C)c(C(C)C)c(C)n2C)ccc1/C=C\C. The second kappa shape index (κ2) is 6.39. The van der Waals surface area contributed by atoms with Gasteiger partial charge in [0.05, 0.1) is 5.69 Å². The minimum atomic E-state index is 0.543. The molecule has 0 aliphatic carbocycles. The average molecular weight is 293 g/mol. The lowest BCUT2D eigenvalue weighted by atomic mass is 9.95. The monoisotopic (exact) mass is 293 g/mol. The van der Waals surface area contributed by atoms with Crippen molar-refractivity contribution in [3.63, 3.8) is 0 Å². The van der Waals surface area contributed by atoms with E-state index in [0.717, 1.165) is 0 Å². The maximum atomic E-state index is 3.96. The van der Waals surface area contributed by atoms with E-state index in [0.29, 0.717) is 5.92 Å². The van der Waals surface area contributed by atoms with E-state index in [1.165, 1.54) is 39.2 Å². The fourth-order valence-electron chi connectivity index (χ4n) is 3.49. The number of rotatable bonds is 4. The summed E-state index contributed by atoms with van der Waals surface area (Å²) in [6.07, 6.45) is 6.13. The number of aromatic nitrogens is 1. The van der Waals surface area contributed by atoms with Crippen molar-refractivity contribution in [2.24, 2.45) is 7.05 Å². The Kier molecular flexibility index (Phi) is 4.75. The van der Waals surface area contributed by atoms with E-state index in [9.17, 15) is 0 Å². The molecule has 0 aliphatic rings. The molecular weight excluding hydrogens is 266 g/mol. The molecule has 1 aromatic carbocycles. The summed E-state index contributed by atoms with van der Waals surface area (Å²) >= 11 is 0. The highest BCUT2D eigenvalue weighted by Gasteiger charge is 2.18. The Morgan fingerprint density at radius 2 is 1.82 bits per heavy atom. The zero-order valence-electron chi connectivity index (χ0n) is 14.7. The molecule has 0 aliphatic heterocycles. The summed E-state index contributed by atoms with van der Waals surface area (Å²) in [5.41, 5.74) is 9.20. The smallest absolute Gasteiger partial charge is 0.0512 e. The van der Waals surface area contributed by atoms with Crippen LogP contribution in [0.1, 0.15) is 54.6 Å². The van der Waals surface area contributed by atoms with E-state index >= 15 is 0 Å². The summed E-state index contributed by atoms with van der Waals surface area (Å²) in [5, 5.41) is 0. The third-order valence-corrected chi connectivity index (χ3v) is 4.49. The molecule has 0 saturated carbocycles. The van der Waals surface area contributed by atoms with E-state index in [4.69, 9.17) is 0 Å². The van der Waals surface area contributed by atoms with Gasteiger partial charge >= 0.3 is 0 Å². The Morgan fingerprint density at radius 1 is 1.14 bits per heavy atom. The molecule has 2 aromatic rings. The average Bonchev–Trinajstić information content (AvgIpc) is 2.70. The van der Waals surface area contributed by atoms with Crippen LogP contribution in [0.3, 0.4) is 0 Å². The lowest BCUT2D eigenvalue weighted by Crippen LogP contribution is -1.96. The van der Waals surface area contributed by atoms with Crippen LogP contribution < -0.4 is 0 Å². The Morgan fingerprint density at radius 3 is 2.32 bits per heavy atom. The standard InChI is InChI=1S/C21H27N/c1-8-10-18-11-12-19(13-17(18)9-2)21-15(5)20(14(3)4)16(6)22(21)7/h8-14H,2H2,1,3-7H3/b10-8-. The first-order valence-electron chi connectivity index (χ1n) is 7.97. The number of benzene rings is 1. The van der Waals surface area contributed by atoms with Gasteiger partial charge in [0.15, 0.2) is 0 Å². The van der Waals surface area contributed by atoms with Gasteiger partial charge in [-0.25, -0.2) is 0 Å². The molecule has 0 spiro atoms. The van der Waals surface area contributed by atoms with Gasteiger partial charge in [-0.05, 0) is 60.6 Å². The van der Waals surface area contributed by atoms with Crippen molar-refractivity contribution in [2.45, 2.75) is 40.5 Å². The Balaban J connectivity index is 2.67. The van der Waals surface area contributed by atoms with Crippen molar-refractivity contribution < 1.29 is 0 Å². The predicted octanol–water partition coefficient (Wildman–Crippen LogP) is 6.11. The van der Waals surface area contributed by atoms with Crippen LogP contribution in [0.2, 0.25) is 0 Å². The molecule has 116 valence electrons. The maximum absolute atomic E-state index is 3.96. The second-order valence-electron chi connectivity index (χ2n) is 6.23. The number of allylic oxidation sites excluding steroid dienone is 1. The molecule has 0 bridgehead atoms. The Labute approximate surface area is 135 Å². The van der Waals surface area contributed by atoms with Gasteiger partial charge in [-0.3, -0.25) is 0 Å². The van der Waals surface area contributed by atoms with E-state index < -0.39 is 0 Å². The first-order valence-corrected chi connectivity index (χ1v) is 7.97. The molecule has 0 unspecified atom stereocenters. The topological polar surface area (TPSA) is 4.93 Å². The Bertz CT molecular complexity index is 727. The molecule has 1 nitrogen and oxygen atoms in total. The second-order valence-corrected chi connectivity index (χ2v) is 6.23. The highest BCUT2D eigenvalue weighted by Crippen LogP contribution is 2.35. The number of hydrogen-bond acceptors (Lipinski definition) is 0. The van der Waals surface area contributed by atoms with Crippen molar-refractivity contribution in [1.82, 2.24) is 4.57 Å². The summed E-state index contributed by atoms with van der Waals surface area (Å²) in [7, 11) is 2.16. The molecule has 0 saturated heterocycles. The fourth-order valence-corrected chi connectivity index (χ4v) is 3.49. The fraction of sp³-hybridized carbons (Fsp3) is 0.333. The van der Waals surface area contributed by atoms with E-state index in [1.54, 1.807) is 0 Å². The minimum absolute atomic E-state index is 0.543. The maximum Gasteiger partial charge on any atom is 0.0512 e. The van der Waals surface area contributed by atoms with Crippen LogP contribution in [-0.4, -0.2) is 4.57 Å². The molecule has 0 amide bonds. The summed E-state index contributed by atoms with van der Waals surface area (Å²) in [6, 6.07) is 6.64. The quantitative estimate of drug-likeness (QED) is 0.641. The molecule has 1 heteroatoms. The zero-order valence-corrected chi connectivity index (χ0v) is 14.7. The largest absolute Gasteiger partial charge is 0.347 e. The molecule has 1 heterocycles. The lowest BCUT2D eigenvalue weighted by molar-refractivity contribution is 0.818. The van der Waals surface area contributed by atoms with Gasteiger partial charge in [-0.2, -0.15) is 0 Å². The molecule has 0 atom stereocenters. The first-order chi connectivity index (χ1) is 10.4. The van der Waals surface area contributed by atoms with Crippen LogP contribution in [0.4, 0.5) is 0 Å². The van der Waals surface area contributed by atoms with Crippen LogP contribution in [0, 0.1) is 13.8 Å². The van der Waals surface area contributed by atoms with Crippen LogP contribution >= 0.6 is 0 Å². The van der Waals surface area contributed by atoms with Crippen LogP contribution in [0.5, 0.6) is 0 Å². The predicted molar refractivity (Wildman–Crippen MR) is 99.2 cm³/mol. The third-order valence-electron chi connectivity index (χ3n) is 4.49. The zero-order chi connectivity index (χ0) is 16.4. The lowest BCUT2D eigenvalue weighted by Gasteiger charge is -2.10. The van der Waals surface area contributed by atoms with Crippen LogP contribution in [0.15, 0.2) is 30.9 Å². The summed E-state index contributed by atoms with van der Waals surface area (Å²) < 4.78 is 2.32. The minimum Gasteiger partial charge on any atom is -0.347 e. The molecule has 0 fully saturated rings. The van der Waals surface area contributed by atoms with Gasteiger partial charge in [0.2, 0.25) is 0 Å². The van der Waals surface area contributed by atoms with Crippen molar-refractivity contribution in [3.05, 3.63) is 58.8 Å². The normalized spacial score (nSPS) is 11.6. The molecule has 22 heavy (non-hydrogen) atoms. The molecule has 1 aromatic heterocycles.